The van der Waals surface area contributed by atoms with E-state index in [0.29, 0.717) is 6.04 Å². The molecule has 1 spiro atoms. The minimum absolute atomic E-state index is 0.0366. The fraction of sp³-hybridized carbons (Fsp3) is 0.929. The molecule has 5 heteroatoms. The van der Waals surface area contributed by atoms with Crippen molar-refractivity contribution in [2.24, 2.45) is 11.7 Å². The van der Waals surface area contributed by atoms with Gasteiger partial charge in [-0.3, -0.25) is 5.41 Å². The SMILES string of the molecule is CC(CN(C)C1CCOC2(CCOCC2)C1)C(=N)N. The van der Waals surface area contributed by atoms with Crippen molar-refractivity contribution in [2.75, 3.05) is 33.4 Å². The lowest BCUT2D eigenvalue weighted by atomic mass is 9.83. The lowest BCUT2D eigenvalue weighted by molar-refractivity contribution is -0.150. The summed E-state index contributed by atoms with van der Waals surface area (Å²) in [6.45, 7) is 5.35. The van der Waals surface area contributed by atoms with E-state index in [1.807, 2.05) is 6.92 Å². The standard InChI is InChI=1S/C14H27N3O2/c1-11(13(15)16)10-17(2)12-3-6-19-14(9-12)4-7-18-8-5-14/h11-12H,3-10H2,1-2H3,(H3,15,16). The quantitative estimate of drug-likeness (QED) is 0.594. The minimum Gasteiger partial charge on any atom is -0.387 e. The number of hydrogen-bond acceptors (Lipinski definition) is 4. The fourth-order valence-electron chi connectivity index (χ4n) is 3.15. The highest BCUT2D eigenvalue weighted by Gasteiger charge is 2.40. The van der Waals surface area contributed by atoms with Gasteiger partial charge in [0.15, 0.2) is 0 Å². The molecule has 5 nitrogen and oxygen atoms in total. The monoisotopic (exact) mass is 269 g/mol. The second-order valence-electron chi connectivity index (χ2n) is 6.09. The van der Waals surface area contributed by atoms with Crippen molar-refractivity contribution in [1.29, 1.82) is 5.41 Å². The van der Waals surface area contributed by atoms with E-state index in [2.05, 4.69) is 11.9 Å². The molecule has 0 aliphatic carbocycles. The van der Waals surface area contributed by atoms with Crippen LogP contribution >= 0.6 is 0 Å². The summed E-state index contributed by atoms with van der Waals surface area (Å²) in [4.78, 5) is 2.35. The zero-order chi connectivity index (χ0) is 13.9. The molecule has 0 aromatic rings. The fourth-order valence-corrected chi connectivity index (χ4v) is 3.15. The second-order valence-corrected chi connectivity index (χ2v) is 6.09. The van der Waals surface area contributed by atoms with Crippen molar-refractivity contribution in [2.45, 2.75) is 44.2 Å². The third-order valence-corrected chi connectivity index (χ3v) is 4.59. The molecule has 0 radical (unpaired) electrons. The van der Waals surface area contributed by atoms with Crippen LogP contribution in [0.3, 0.4) is 0 Å². The normalized spacial score (nSPS) is 28.5. The van der Waals surface area contributed by atoms with E-state index >= 15 is 0 Å². The molecular formula is C14H27N3O2. The molecular weight excluding hydrogens is 242 g/mol. The van der Waals surface area contributed by atoms with Crippen molar-refractivity contribution in [3.8, 4) is 0 Å². The maximum absolute atomic E-state index is 7.51. The van der Waals surface area contributed by atoms with Crippen LogP contribution in [-0.2, 0) is 9.47 Å². The predicted octanol–water partition coefficient (Wildman–Crippen LogP) is 1.22. The summed E-state index contributed by atoms with van der Waals surface area (Å²) < 4.78 is 11.5. The summed E-state index contributed by atoms with van der Waals surface area (Å²) in [5.41, 5.74) is 5.60. The van der Waals surface area contributed by atoms with Gasteiger partial charge in [0.2, 0.25) is 0 Å². The van der Waals surface area contributed by atoms with Crippen molar-refractivity contribution >= 4 is 5.84 Å². The Bertz CT molecular complexity index is 310. The van der Waals surface area contributed by atoms with E-state index < -0.39 is 0 Å². The van der Waals surface area contributed by atoms with Gasteiger partial charge in [-0.15, -0.1) is 0 Å². The lowest BCUT2D eigenvalue weighted by Gasteiger charge is -2.46. The Kier molecular flexibility index (Phi) is 4.81. The highest BCUT2D eigenvalue weighted by molar-refractivity contribution is 5.79. The van der Waals surface area contributed by atoms with Crippen molar-refractivity contribution < 1.29 is 9.47 Å². The number of nitrogens with two attached hydrogens (primary N) is 1. The molecule has 0 bridgehead atoms. The van der Waals surface area contributed by atoms with Crippen LogP contribution in [-0.4, -0.2) is 55.8 Å². The van der Waals surface area contributed by atoms with E-state index in [1.54, 1.807) is 0 Å². The van der Waals surface area contributed by atoms with E-state index in [4.69, 9.17) is 20.6 Å². The molecule has 2 heterocycles. The second kappa shape index (κ2) is 6.20. The van der Waals surface area contributed by atoms with Crippen molar-refractivity contribution in [1.82, 2.24) is 4.90 Å². The van der Waals surface area contributed by atoms with Gasteiger partial charge in [-0.1, -0.05) is 6.92 Å². The van der Waals surface area contributed by atoms with E-state index in [0.717, 1.165) is 52.0 Å². The largest absolute Gasteiger partial charge is 0.387 e. The van der Waals surface area contributed by atoms with Gasteiger partial charge in [0.1, 0.15) is 0 Å². The number of nitrogens with one attached hydrogen (secondary N) is 1. The molecule has 0 saturated carbocycles. The van der Waals surface area contributed by atoms with Crippen LogP contribution in [0.4, 0.5) is 0 Å². The first-order valence-corrected chi connectivity index (χ1v) is 7.28. The molecule has 3 N–H and O–H groups in total. The third kappa shape index (κ3) is 3.68. The molecule has 19 heavy (non-hydrogen) atoms. The Balaban J connectivity index is 1.91. The number of nitrogens with zero attached hydrogens (tertiary/aromatic N) is 1. The predicted molar refractivity (Wildman–Crippen MR) is 75.5 cm³/mol. The average molecular weight is 269 g/mol. The van der Waals surface area contributed by atoms with Crippen LogP contribution in [0.15, 0.2) is 0 Å². The molecule has 2 fully saturated rings. The Morgan fingerprint density at radius 2 is 2.11 bits per heavy atom. The molecule has 0 aromatic heterocycles. The molecule has 0 aromatic carbocycles. The van der Waals surface area contributed by atoms with Crippen LogP contribution < -0.4 is 5.73 Å². The highest BCUT2D eigenvalue weighted by Crippen LogP contribution is 2.35. The Hall–Kier alpha value is -0.650. The van der Waals surface area contributed by atoms with Crippen LogP contribution in [0.2, 0.25) is 0 Å². The van der Waals surface area contributed by atoms with Crippen molar-refractivity contribution in [3.05, 3.63) is 0 Å². The molecule has 2 rings (SSSR count). The molecule has 2 aliphatic heterocycles. The summed E-state index contributed by atoms with van der Waals surface area (Å²) in [7, 11) is 2.14. The zero-order valence-corrected chi connectivity index (χ0v) is 12.2. The number of hydrogen-bond donors (Lipinski definition) is 2. The first-order valence-electron chi connectivity index (χ1n) is 7.28. The molecule has 2 saturated heterocycles. The van der Waals surface area contributed by atoms with E-state index in [9.17, 15) is 0 Å². The number of ether oxygens (including phenoxy) is 2. The topological polar surface area (TPSA) is 71.6 Å². The molecule has 2 aliphatic rings. The van der Waals surface area contributed by atoms with E-state index in [1.165, 1.54) is 0 Å². The van der Waals surface area contributed by atoms with Gasteiger partial charge in [0.05, 0.1) is 11.4 Å². The molecule has 0 amide bonds. The summed E-state index contributed by atoms with van der Waals surface area (Å²) >= 11 is 0. The first-order chi connectivity index (χ1) is 9.02. The Morgan fingerprint density at radius 1 is 1.42 bits per heavy atom. The maximum atomic E-state index is 7.51. The van der Waals surface area contributed by atoms with E-state index in [-0.39, 0.29) is 17.4 Å². The van der Waals surface area contributed by atoms with Gasteiger partial charge >= 0.3 is 0 Å². The van der Waals surface area contributed by atoms with Gasteiger partial charge < -0.3 is 20.1 Å². The van der Waals surface area contributed by atoms with Crippen LogP contribution in [0.5, 0.6) is 0 Å². The van der Waals surface area contributed by atoms with Gasteiger partial charge in [0, 0.05) is 38.3 Å². The Morgan fingerprint density at radius 3 is 2.74 bits per heavy atom. The first kappa shape index (κ1) is 14.8. The van der Waals surface area contributed by atoms with Gasteiger partial charge in [-0.2, -0.15) is 0 Å². The van der Waals surface area contributed by atoms with Crippen LogP contribution in [0, 0.1) is 11.3 Å². The molecule has 110 valence electrons. The maximum Gasteiger partial charge on any atom is 0.0947 e. The Labute approximate surface area is 115 Å². The van der Waals surface area contributed by atoms with Crippen LogP contribution in [0.25, 0.3) is 0 Å². The number of rotatable bonds is 4. The molecule has 2 unspecified atom stereocenters. The summed E-state index contributed by atoms with van der Waals surface area (Å²) in [6, 6.07) is 0.536. The van der Waals surface area contributed by atoms with Gasteiger partial charge in [0.25, 0.3) is 0 Å². The lowest BCUT2D eigenvalue weighted by Crippen LogP contribution is -2.51. The van der Waals surface area contributed by atoms with Gasteiger partial charge in [-0.25, -0.2) is 0 Å². The zero-order valence-electron chi connectivity index (χ0n) is 12.2. The summed E-state index contributed by atoms with van der Waals surface area (Å²) in [5.74, 6) is 0.401. The number of amidine groups is 1. The summed E-state index contributed by atoms with van der Waals surface area (Å²) in [5, 5.41) is 7.51. The van der Waals surface area contributed by atoms with Gasteiger partial charge in [-0.05, 0) is 32.7 Å². The van der Waals surface area contributed by atoms with Crippen LogP contribution in [0.1, 0.15) is 32.6 Å². The third-order valence-electron chi connectivity index (χ3n) is 4.59. The summed E-state index contributed by atoms with van der Waals surface area (Å²) in [6.07, 6.45) is 4.18. The average Bonchev–Trinajstić information content (AvgIpc) is 2.39. The van der Waals surface area contributed by atoms with Crippen molar-refractivity contribution in [3.63, 3.8) is 0 Å². The smallest absolute Gasteiger partial charge is 0.0947 e. The minimum atomic E-state index is 0.0366. The molecule has 2 atom stereocenters. The highest BCUT2D eigenvalue weighted by atomic mass is 16.5.